The third kappa shape index (κ3) is 6.78. The molecule has 0 aliphatic heterocycles. The van der Waals surface area contributed by atoms with Crippen molar-refractivity contribution in [2.24, 2.45) is 0 Å². The van der Waals surface area contributed by atoms with Gasteiger partial charge in [0.1, 0.15) is 18.1 Å². The molecule has 0 saturated carbocycles. The van der Waals surface area contributed by atoms with Gasteiger partial charge in [-0.1, -0.05) is 30.3 Å². The Morgan fingerprint density at radius 3 is 1.70 bits per heavy atom. The van der Waals surface area contributed by atoms with Gasteiger partial charge in [-0.15, -0.1) is 0 Å². The molecule has 0 aromatic heterocycles. The van der Waals surface area contributed by atoms with E-state index in [4.69, 9.17) is 9.84 Å². The molecule has 0 unspecified atom stereocenters. The van der Waals surface area contributed by atoms with Crippen LogP contribution in [0.25, 0.3) is 0 Å². The van der Waals surface area contributed by atoms with Gasteiger partial charge in [0.15, 0.2) is 11.6 Å². The lowest BCUT2D eigenvalue weighted by Crippen LogP contribution is -1.96. The summed E-state index contributed by atoms with van der Waals surface area (Å²) in [6, 6.07) is 23.4. The molecule has 1 N–H and O–H groups in total. The highest BCUT2D eigenvalue weighted by Crippen LogP contribution is 2.14. The Morgan fingerprint density at radius 1 is 0.741 bits per heavy atom. The number of benzene rings is 3. The standard InChI is InChI=1S/C15H14O2.C8H8O2/c1-12(16)14-7-9-15(10-8-14)17-11-13-5-3-2-4-6-13;1-6(9)7-2-4-8(10)5-3-7/h2-10H,11H2,1H3;2-5,10H,1H3. The van der Waals surface area contributed by atoms with Crippen LogP contribution in [0.2, 0.25) is 0 Å². The van der Waals surface area contributed by atoms with Gasteiger partial charge in [0.05, 0.1) is 0 Å². The molecule has 0 heterocycles. The minimum Gasteiger partial charge on any atom is -0.508 e. The summed E-state index contributed by atoms with van der Waals surface area (Å²) in [6.07, 6.45) is 0. The zero-order valence-electron chi connectivity index (χ0n) is 15.4. The van der Waals surface area contributed by atoms with E-state index in [2.05, 4.69) is 0 Å². The molecule has 4 heteroatoms. The molecule has 138 valence electrons. The first-order valence-corrected chi connectivity index (χ1v) is 8.53. The Kier molecular flexibility index (Phi) is 7.32. The monoisotopic (exact) mass is 362 g/mol. The molecule has 0 saturated heterocycles. The zero-order valence-corrected chi connectivity index (χ0v) is 15.4. The summed E-state index contributed by atoms with van der Waals surface area (Å²) in [5, 5.41) is 8.83. The summed E-state index contributed by atoms with van der Waals surface area (Å²) >= 11 is 0. The topological polar surface area (TPSA) is 63.6 Å². The van der Waals surface area contributed by atoms with Crippen LogP contribution in [0.4, 0.5) is 0 Å². The van der Waals surface area contributed by atoms with Gasteiger partial charge in [-0.2, -0.15) is 0 Å². The lowest BCUT2D eigenvalue weighted by molar-refractivity contribution is 0.100. The summed E-state index contributed by atoms with van der Waals surface area (Å²) in [7, 11) is 0. The number of ketones is 2. The molecular formula is C23H22O4. The third-order valence-electron chi connectivity index (χ3n) is 3.78. The Hall–Kier alpha value is -3.40. The summed E-state index contributed by atoms with van der Waals surface area (Å²) < 4.78 is 5.62. The fraction of sp³-hybridized carbons (Fsp3) is 0.130. The fourth-order valence-electron chi connectivity index (χ4n) is 2.22. The molecule has 3 rings (SSSR count). The van der Waals surface area contributed by atoms with E-state index in [1.807, 2.05) is 42.5 Å². The van der Waals surface area contributed by atoms with Crippen molar-refractivity contribution in [3.63, 3.8) is 0 Å². The van der Waals surface area contributed by atoms with Crippen LogP contribution in [0, 0.1) is 0 Å². The van der Waals surface area contributed by atoms with Crippen molar-refractivity contribution in [3.8, 4) is 11.5 Å². The van der Waals surface area contributed by atoms with Crippen molar-refractivity contribution in [3.05, 3.63) is 95.6 Å². The highest BCUT2D eigenvalue weighted by molar-refractivity contribution is 5.94. The number of carbonyl (C=O) groups excluding carboxylic acids is 2. The van der Waals surface area contributed by atoms with Gasteiger partial charge < -0.3 is 9.84 Å². The second kappa shape index (κ2) is 9.92. The Morgan fingerprint density at radius 2 is 1.22 bits per heavy atom. The number of aromatic hydroxyl groups is 1. The summed E-state index contributed by atoms with van der Waals surface area (Å²) in [6.45, 7) is 3.59. The van der Waals surface area contributed by atoms with Gasteiger partial charge >= 0.3 is 0 Å². The molecular weight excluding hydrogens is 340 g/mol. The van der Waals surface area contributed by atoms with Crippen molar-refractivity contribution < 1.29 is 19.4 Å². The Bertz CT molecular complexity index is 867. The van der Waals surface area contributed by atoms with Crippen LogP contribution >= 0.6 is 0 Å². The van der Waals surface area contributed by atoms with Gasteiger partial charge in [0.2, 0.25) is 0 Å². The summed E-state index contributed by atoms with van der Waals surface area (Å²) in [5.74, 6) is 1.04. The van der Waals surface area contributed by atoms with Crippen LogP contribution < -0.4 is 4.74 Å². The maximum absolute atomic E-state index is 11.1. The second-order valence-electron chi connectivity index (χ2n) is 5.96. The minimum atomic E-state index is 0.0139. The van der Waals surface area contributed by atoms with Crippen LogP contribution in [-0.2, 0) is 6.61 Å². The molecule has 27 heavy (non-hydrogen) atoms. The van der Waals surface area contributed by atoms with E-state index in [0.29, 0.717) is 17.7 Å². The number of phenolic OH excluding ortho intramolecular Hbond substituents is 1. The van der Waals surface area contributed by atoms with Gasteiger partial charge in [-0.25, -0.2) is 0 Å². The van der Waals surface area contributed by atoms with Gasteiger partial charge in [-0.3, -0.25) is 9.59 Å². The highest BCUT2D eigenvalue weighted by Gasteiger charge is 2.00. The van der Waals surface area contributed by atoms with Crippen LogP contribution in [0.1, 0.15) is 40.1 Å². The molecule has 4 nitrogen and oxygen atoms in total. The van der Waals surface area contributed by atoms with Crippen LogP contribution in [-0.4, -0.2) is 16.7 Å². The first kappa shape index (κ1) is 19.9. The number of hydrogen-bond donors (Lipinski definition) is 1. The van der Waals surface area contributed by atoms with Crippen LogP contribution in [0.3, 0.4) is 0 Å². The molecule has 0 bridgehead atoms. The van der Waals surface area contributed by atoms with E-state index in [1.54, 1.807) is 31.2 Å². The SMILES string of the molecule is CC(=O)c1ccc(O)cc1.CC(=O)c1ccc(OCc2ccccc2)cc1. The molecule has 0 amide bonds. The maximum Gasteiger partial charge on any atom is 0.159 e. The number of ether oxygens (including phenoxy) is 1. The lowest BCUT2D eigenvalue weighted by Gasteiger charge is -2.06. The molecule has 3 aromatic carbocycles. The largest absolute Gasteiger partial charge is 0.508 e. The van der Waals surface area contributed by atoms with Gasteiger partial charge in [0.25, 0.3) is 0 Å². The Labute approximate surface area is 159 Å². The first-order valence-electron chi connectivity index (χ1n) is 8.53. The summed E-state index contributed by atoms with van der Waals surface area (Å²) in [4.78, 5) is 21.8. The van der Waals surface area contributed by atoms with Crippen molar-refractivity contribution in [2.45, 2.75) is 20.5 Å². The lowest BCUT2D eigenvalue weighted by atomic mass is 10.1. The quantitative estimate of drug-likeness (QED) is 0.644. The smallest absolute Gasteiger partial charge is 0.159 e. The van der Waals surface area contributed by atoms with Crippen LogP contribution in [0.5, 0.6) is 11.5 Å². The maximum atomic E-state index is 11.1. The van der Waals surface area contributed by atoms with E-state index in [9.17, 15) is 9.59 Å². The molecule has 0 aliphatic rings. The van der Waals surface area contributed by atoms with E-state index in [-0.39, 0.29) is 17.3 Å². The molecule has 0 fully saturated rings. The predicted octanol–water partition coefficient (Wildman–Crippen LogP) is 5.06. The average molecular weight is 362 g/mol. The fourth-order valence-corrected chi connectivity index (χ4v) is 2.22. The van der Waals surface area contributed by atoms with E-state index < -0.39 is 0 Å². The van der Waals surface area contributed by atoms with Gasteiger partial charge in [-0.05, 0) is 67.9 Å². The Balaban J connectivity index is 0.000000223. The third-order valence-corrected chi connectivity index (χ3v) is 3.78. The summed E-state index contributed by atoms with van der Waals surface area (Å²) in [5.41, 5.74) is 2.46. The van der Waals surface area contributed by atoms with E-state index >= 15 is 0 Å². The van der Waals surface area contributed by atoms with Crippen molar-refractivity contribution in [1.29, 1.82) is 0 Å². The predicted molar refractivity (Wildman–Crippen MR) is 105 cm³/mol. The highest BCUT2D eigenvalue weighted by atomic mass is 16.5. The average Bonchev–Trinajstić information content (AvgIpc) is 2.68. The zero-order chi connectivity index (χ0) is 19.6. The molecule has 0 aliphatic carbocycles. The number of carbonyl (C=O) groups is 2. The van der Waals surface area contributed by atoms with Crippen LogP contribution in [0.15, 0.2) is 78.9 Å². The van der Waals surface area contributed by atoms with Crippen molar-refractivity contribution >= 4 is 11.6 Å². The minimum absolute atomic E-state index is 0.0139. The van der Waals surface area contributed by atoms with E-state index in [1.165, 1.54) is 19.1 Å². The first-order chi connectivity index (χ1) is 13.0. The number of rotatable bonds is 5. The number of hydrogen-bond acceptors (Lipinski definition) is 4. The molecule has 0 spiro atoms. The van der Waals surface area contributed by atoms with Crippen molar-refractivity contribution in [2.75, 3.05) is 0 Å². The normalized spacial score (nSPS) is 9.70. The molecule has 0 atom stereocenters. The molecule has 0 radical (unpaired) electrons. The van der Waals surface area contributed by atoms with Gasteiger partial charge in [0, 0.05) is 11.1 Å². The molecule has 3 aromatic rings. The number of Topliss-reactive ketones (excluding diaryl/α,β-unsaturated/α-hetero) is 2. The second-order valence-corrected chi connectivity index (χ2v) is 5.96. The van der Waals surface area contributed by atoms with Crippen molar-refractivity contribution in [1.82, 2.24) is 0 Å². The van der Waals surface area contributed by atoms with E-state index in [0.717, 1.165) is 11.3 Å². The number of phenols is 1.